The molecule has 0 radical (unpaired) electrons. The minimum Gasteiger partial charge on any atom is -0.489 e. The first-order valence-corrected chi connectivity index (χ1v) is 13.7. The van der Waals surface area contributed by atoms with Crippen LogP contribution in [0.3, 0.4) is 0 Å². The summed E-state index contributed by atoms with van der Waals surface area (Å²) in [4.78, 5) is 0. The molecule has 0 atom stereocenters. The molecule has 2 fully saturated rings. The number of ether oxygens (including phenoxy) is 1. The molecule has 0 heterocycles. The van der Waals surface area contributed by atoms with Crippen molar-refractivity contribution in [1.82, 2.24) is 0 Å². The molecule has 0 unspecified atom stereocenters. The van der Waals surface area contributed by atoms with Crippen LogP contribution in [0.4, 0.5) is 0 Å². The fraction of sp³-hybridized carbons (Fsp3) is 0.677. The number of allylic oxidation sites excluding steroid dienone is 1. The van der Waals surface area contributed by atoms with Gasteiger partial charge in [-0.3, -0.25) is 0 Å². The molecule has 2 saturated carbocycles. The number of hydrogen-bond donors (Lipinski definition) is 0. The van der Waals surface area contributed by atoms with E-state index >= 15 is 0 Å². The summed E-state index contributed by atoms with van der Waals surface area (Å²) < 4.78 is 5.89. The molecule has 0 amide bonds. The number of hydrogen-bond acceptors (Lipinski definition) is 1. The van der Waals surface area contributed by atoms with Crippen molar-refractivity contribution in [2.75, 3.05) is 6.61 Å². The number of rotatable bonds is 13. The first-order valence-electron chi connectivity index (χ1n) is 13.7. The first-order chi connectivity index (χ1) is 15.7. The van der Waals surface area contributed by atoms with E-state index in [-0.39, 0.29) is 0 Å². The largest absolute Gasteiger partial charge is 0.489 e. The van der Waals surface area contributed by atoms with E-state index in [1.54, 1.807) is 5.56 Å². The molecule has 0 bridgehead atoms. The van der Waals surface area contributed by atoms with Crippen molar-refractivity contribution in [1.29, 1.82) is 0 Å². The van der Waals surface area contributed by atoms with E-state index in [4.69, 9.17) is 4.74 Å². The maximum atomic E-state index is 5.89. The fourth-order valence-corrected chi connectivity index (χ4v) is 6.25. The zero-order chi connectivity index (χ0) is 22.6. The van der Waals surface area contributed by atoms with Crippen LogP contribution in [-0.2, 0) is 6.42 Å². The van der Waals surface area contributed by atoms with Gasteiger partial charge in [0.2, 0.25) is 0 Å². The summed E-state index contributed by atoms with van der Waals surface area (Å²) in [6, 6.07) is 6.98. The van der Waals surface area contributed by atoms with Crippen molar-refractivity contribution in [3.63, 3.8) is 0 Å². The summed E-state index contributed by atoms with van der Waals surface area (Å²) in [6.07, 6.45) is 24.8. The van der Waals surface area contributed by atoms with Crippen molar-refractivity contribution >= 4 is 0 Å². The van der Waals surface area contributed by atoms with Crippen LogP contribution >= 0.6 is 0 Å². The first kappa shape index (κ1) is 25.1. The average Bonchev–Trinajstić information content (AvgIpc) is 2.83. The molecule has 178 valence electrons. The van der Waals surface area contributed by atoms with Gasteiger partial charge in [-0.15, -0.1) is 6.58 Å². The third-order valence-corrected chi connectivity index (χ3v) is 8.22. The summed E-state index contributed by atoms with van der Waals surface area (Å²) in [7, 11) is 0. The lowest BCUT2D eigenvalue weighted by Crippen LogP contribution is -2.15. The third-order valence-electron chi connectivity index (χ3n) is 8.22. The van der Waals surface area contributed by atoms with Gasteiger partial charge in [-0.25, -0.2) is 0 Å². The van der Waals surface area contributed by atoms with Gasteiger partial charge in [-0.2, -0.15) is 0 Å². The van der Waals surface area contributed by atoms with Crippen molar-refractivity contribution in [3.05, 3.63) is 54.6 Å². The molecule has 0 N–H and O–H groups in total. The second-order valence-electron chi connectivity index (χ2n) is 10.6. The van der Waals surface area contributed by atoms with Crippen LogP contribution in [-0.4, -0.2) is 6.61 Å². The monoisotopic (exact) mass is 436 g/mol. The maximum absolute atomic E-state index is 5.89. The normalized spacial score (nSPS) is 25.9. The standard InChI is InChI=1S/C31H48O/c1-4-9-25-13-15-26(16-14-25)11-7-8-12-27-17-19-28(20-18-27)29-21-22-31(32-23-6-3)30(24-29)10-5-2/h4,6,21-22,24-28H,1,3,5,7-20,23H2,2H3. The Bertz CT molecular complexity index is 674. The van der Waals surface area contributed by atoms with Gasteiger partial charge in [0.25, 0.3) is 0 Å². The summed E-state index contributed by atoms with van der Waals surface area (Å²) in [5.74, 6) is 4.73. The Morgan fingerprint density at radius 2 is 1.47 bits per heavy atom. The lowest BCUT2D eigenvalue weighted by atomic mass is 9.76. The Morgan fingerprint density at radius 3 is 2.06 bits per heavy atom. The Morgan fingerprint density at radius 1 is 0.844 bits per heavy atom. The molecule has 2 aliphatic rings. The van der Waals surface area contributed by atoms with Crippen molar-refractivity contribution in [2.45, 2.75) is 109 Å². The van der Waals surface area contributed by atoms with E-state index in [1.807, 2.05) is 6.08 Å². The summed E-state index contributed by atoms with van der Waals surface area (Å²) in [6.45, 7) is 10.5. The van der Waals surface area contributed by atoms with Gasteiger partial charge in [0.05, 0.1) is 0 Å². The highest BCUT2D eigenvalue weighted by atomic mass is 16.5. The van der Waals surface area contributed by atoms with Crippen LogP contribution in [0, 0.1) is 17.8 Å². The highest BCUT2D eigenvalue weighted by molar-refractivity contribution is 5.39. The zero-order valence-corrected chi connectivity index (χ0v) is 20.8. The molecule has 1 nitrogen and oxygen atoms in total. The van der Waals surface area contributed by atoms with E-state index in [0.29, 0.717) is 6.61 Å². The highest BCUT2D eigenvalue weighted by Crippen LogP contribution is 2.39. The number of unbranched alkanes of at least 4 members (excludes halogenated alkanes) is 1. The lowest BCUT2D eigenvalue weighted by Gasteiger charge is -2.30. The van der Waals surface area contributed by atoms with Crippen LogP contribution in [0.1, 0.15) is 114 Å². The van der Waals surface area contributed by atoms with E-state index < -0.39 is 0 Å². The van der Waals surface area contributed by atoms with Gasteiger partial charge in [-0.1, -0.05) is 82.7 Å². The molecule has 0 spiro atoms. The van der Waals surface area contributed by atoms with Crippen molar-refractivity contribution in [2.24, 2.45) is 17.8 Å². The molecular formula is C31H48O. The van der Waals surface area contributed by atoms with Crippen LogP contribution in [0.5, 0.6) is 5.75 Å². The summed E-state index contributed by atoms with van der Waals surface area (Å²) in [5, 5.41) is 0. The average molecular weight is 437 g/mol. The predicted molar refractivity (Wildman–Crippen MR) is 140 cm³/mol. The zero-order valence-electron chi connectivity index (χ0n) is 20.8. The van der Waals surface area contributed by atoms with Gasteiger partial charge < -0.3 is 4.74 Å². The number of benzene rings is 1. The van der Waals surface area contributed by atoms with Gasteiger partial charge in [0.1, 0.15) is 12.4 Å². The lowest BCUT2D eigenvalue weighted by molar-refractivity contribution is 0.253. The molecule has 0 saturated heterocycles. The highest BCUT2D eigenvalue weighted by Gasteiger charge is 2.24. The van der Waals surface area contributed by atoms with E-state index in [9.17, 15) is 0 Å². The molecule has 3 rings (SSSR count). The topological polar surface area (TPSA) is 9.23 Å². The van der Waals surface area contributed by atoms with Crippen LogP contribution < -0.4 is 4.74 Å². The van der Waals surface area contributed by atoms with Crippen LogP contribution in [0.2, 0.25) is 0 Å². The smallest absolute Gasteiger partial charge is 0.122 e. The van der Waals surface area contributed by atoms with Crippen LogP contribution in [0.25, 0.3) is 0 Å². The Hall–Kier alpha value is -1.50. The van der Waals surface area contributed by atoms with Gasteiger partial charge in [-0.05, 0) is 92.2 Å². The minimum absolute atomic E-state index is 0.595. The van der Waals surface area contributed by atoms with E-state index in [0.717, 1.165) is 42.3 Å². The Kier molecular flexibility index (Phi) is 10.9. The molecule has 1 heteroatoms. The van der Waals surface area contributed by atoms with Crippen molar-refractivity contribution < 1.29 is 4.74 Å². The minimum atomic E-state index is 0.595. The molecule has 0 aromatic heterocycles. The molecule has 0 aliphatic heterocycles. The molecule has 32 heavy (non-hydrogen) atoms. The second kappa shape index (κ2) is 13.9. The Balaban J connectivity index is 1.35. The molecule has 1 aromatic rings. The predicted octanol–water partition coefficient (Wildman–Crippen LogP) is 9.42. The second-order valence-corrected chi connectivity index (χ2v) is 10.6. The quantitative estimate of drug-likeness (QED) is 0.221. The summed E-state index contributed by atoms with van der Waals surface area (Å²) in [5.41, 5.74) is 2.93. The molecule has 1 aromatic carbocycles. The van der Waals surface area contributed by atoms with Gasteiger partial charge in [0, 0.05) is 0 Å². The SMILES string of the molecule is C=CCOc1ccc(C2CCC(CCCCC3CCC(CC=C)CC3)CC2)cc1CCC. The fourth-order valence-electron chi connectivity index (χ4n) is 6.25. The molecule has 2 aliphatic carbocycles. The van der Waals surface area contributed by atoms with Crippen molar-refractivity contribution in [3.8, 4) is 5.75 Å². The molecular weight excluding hydrogens is 388 g/mol. The van der Waals surface area contributed by atoms with Crippen LogP contribution in [0.15, 0.2) is 43.5 Å². The summed E-state index contributed by atoms with van der Waals surface area (Å²) >= 11 is 0. The third kappa shape index (κ3) is 7.82. The number of aryl methyl sites for hydroxylation is 1. The maximum Gasteiger partial charge on any atom is 0.122 e. The Labute approximate surface area is 198 Å². The van der Waals surface area contributed by atoms with E-state index in [1.165, 1.54) is 89.0 Å². The van der Waals surface area contributed by atoms with E-state index in [2.05, 4.69) is 44.4 Å². The van der Waals surface area contributed by atoms with Gasteiger partial charge in [0.15, 0.2) is 0 Å². The van der Waals surface area contributed by atoms with Gasteiger partial charge >= 0.3 is 0 Å².